The third-order valence-corrected chi connectivity index (χ3v) is 4.82. The average molecular weight is 332 g/mol. The number of rotatable bonds is 1. The minimum absolute atomic E-state index is 0.161. The molecular formula is C17H18BrNO. The van der Waals surface area contributed by atoms with E-state index in [1.54, 1.807) is 0 Å². The van der Waals surface area contributed by atoms with Gasteiger partial charge in [-0.1, -0.05) is 47.1 Å². The number of amides is 1. The summed E-state index contributed by atoms with van der Waals surface area (Å²) in [5.41, 5.74) is 0.810. The van der Waals surface area contributed by atoms with Crippen LogP contribution in [-0.2, 0) is 0 Å². The summed E-state index contributed by atoms with van der Waals surface area (Å²) in [7, 11) is 0. The number of nitrogens with zero attached hydrogens (tertiary/aromatic N) is 1. The summed E-state index contributed by atoms with van der Waals surface area (Å²) in [4.78, 5) is 14.8. The second-order valence-corrected chi connectivity index (χ2v) is 6.47. The van der Waals surface area contributed by atoms with Crippen molar-refractivity contribution < 1.29 is 4.79 Å². The zero-order valence-electron chi connectivity index (χ0n) is 11.6. The lowest BCUT2D eigenvalue weighted by Crippen LogP contribution is -2.38. The topological polar surface area (TPSA) is 20.3 Å². The monoisotopic (exact) mass is 331 g/mol. The summed E-state index contributed by atoms with van der Waals surface area (Å²) >= 11 is 3.58. The van der Waals surface area contributed by atoms with Crippen molar-refractivity contribution in [1.29, 1.82) is 0 Å². The molecule has 1 heterocycles. The normalized spacial score (nSPS) is 16.6. The summed E-state index contributed by atoms with van der Waals surface area (Å²) in [6.45, 7) is 4.01. The average Bonchev–Trinajstić information content (AvgIpc) is 2.47. The fraction of sp³-hybridized carbons (Fsp3) is 0.353. The summed E-state index contributed by atoms with van der Waals surface area (Å²) < 4.78 is 0.990. The van der Waals surface area contributed by atoms with Crippen LogP contribution >= 0.6 is 15.9 Å². The van der Waals surface area contributed by atoms with Crippen LogP contribution in [0.5, 0.6) is 0 Å². The van der Waals surface area contributed by atoms with Crippen LogP contribution in [0.25, 0.3) is 10.8 Å². The Bertz CT molecular complexity index is 639. The molecule has 1 fully saturated rings. The molecule has 0 aromatic heterocycles. The minimum Gasteiger partial charge on any atom is -0.339 e. The maximum Gasteiger partial charge on any atom is 0.254 e. The first-order valence-electron chi connectivity index (χ1n) is 7.13. The Labute approximate surface area is 127 Å². The molecule has 0 unspecified atom stereocenters. The zero-order chi connectivity index (χ0) is 14.1. The van der Waals surface area contributed by atoms with E-state index in [1.165, 1.54) is 0 Å². The van der Waals surface area contributed by atoms with Gasteiger partial charge in [0.05, 0.1) is 0 Å². The lowest BCUT2D eigenvalue weighted by molar-refractivity contribution is 0.0699. The third kappa shape index (κ3) is 2.47. The molecule has 2 aromatic carbocycles. The SMILES string of the molecule is CC1CCN(C(=O)c2cccc3cccc(Br)c23)CC1. The first kappa shape index (κ1) is 13.6. The zero-order valence-corrected chi connectivity index (χ0v) is 13.2. The van der Waals surface area contributed by atoms with Crippen molar-refractivity contribution in [2.24, 2.45) is 5.92 Å². The molecule has 0 bridgehead atoms. The Kier molecular flexibility index (Phi) is 3.79. The van der Waals surface area contributed by atoms with Crippen molar-refractivity contribution in [2.75, 3.05) is 13.1 Å². The van der Waals surface area contributed by atoms with Gasteiger partial charge in [0.25, 0.3) is 5.91 Å². The molecule has 0 saturated carbocycles. The fourth-order valence-electron chi connectivity index (χ4n) is 2.86. The molecule has 0 radical (unpaired) electrons. The van der Waals surface area contributed by atoms with E-state index >= 15 is 0 Å². The summed E-state index contributed by atoms with van der Waals surface area (Å²) in [6.07, 6.45) is 2.22. The van der Waals surface area contributed by atoms with Crippen molar-refractivity contribution in [2.45, 2.75) is 19.8 Å². The molecular weight excluding hydrogens is 314 g/mol. The number of halogens is 1. The molecule has 0 N–H and O–H groups in total. The van der Waals surface area contributed by atoms with Crippen molar-refractivity contribution in [3.05, 3.63) is 46.4 Å². The van der Waals surface area contributed by atoms with Crippen molar-refractivity contribution in [1.82, 2.24) is 4.90 Å². The van der Waals surface area contributed by atoms with Crippen LogP contribution < -0.4 is 0 Å². The van der Waals surface area contributed by atoms with E-state index in [9.17, 15) is 4.79 Å². The number of carbonyl (C=O) groups excluding carboxylic acids is 1. The van der Waals surface area contributed by atoms with Crippen LogP contribution in [0, 0.1) is 5.92 Å². The number of fused-ring (bicyclic) bond motifs is 1. The smallest absolute Gasteiger partial charge is 0.254 e. The maximum absolute atomic E-state index is 12.8. The van der Waals surface area contributed by atoms with Gasteiger partial charge in [0.15, 0.2) is 0 Å². The third-order valence-electron chi connectivity index (χ3n) is 4.16. The Hall–Kier alpha value is -1.35. The number of piperidine rings is 1. The van der Waals surface area contributed by atoms with E-state index in [-0.39, 0.29) is 5.91 Å². The van der Waals surface area contributed by atoms with Crippen LogP contribution in [0.3, 0.4) is 0 Å². The van der Waals surface area contributed by atoms with Gasteiger partial charge in [0.1, 0.15) is 0 Å². The highest BCUT2D eigenvalue weighted by Gasteiger charge is 2.23. The Morgan fingerprint density at radius 3 is 2.50 bits per heavy atom. The van der Waals surface area contributed by atoms with E-state index in [1.807, 2.05) is 29.2 Å². The molecule has 3 heteroatoms. The summed E-state index contributed by atoms with van der Waals surface area (Å²) in [5, 5.41) is 2.13. The predicted molar refractivity (Wildman–Crippen MR) is 85.9 cm³/mol. The van der Waals surface area contributed by atoms with Gasteiger partial charge in [-0.05, 0) is 36.3 Å². The van der Waals surface area contributed by atoms with Gasteiger partial charge in [-0.25, -0.2) is 0 Å². The van der Waals surface area contributed by atoms with Crippen LogP contribution in [0.2, 0.25) is 0 Å². The predicted octanol–water partition coefficient (Wildman–Crippen LogP) is 4.47. The van der Waals surface area contributed by atoms with E-state index in [2.05, 4.69) is 35.0 Å². The van der Waals surface area contributed by atoms with Gasteiger partial charge in [0.2, 0.25) is 0 Å². The molecule has 0 atom stereocenters. The first-order chi connectivity index (χ1) is 9.66. The summed E-state index contributed by atoms with van der Waals surface area (Å²) in [6, 6.07) is 12.0. The largest absolute Gasteiger partial charge is 0.339 e. The van der Waals surface area contributed by atoms with Gasteiger partial charge >= 0.3 is 0 Å². The number of hydrogen-bond donors (Lipinski definition) is 0. The highest BCUT2D eigenvalue weighted by molar-refractivity contribution is 9.10. The molecule has 1 aliphatic heterocycles. The molecule has 0 spiro atoms. The molecule has 2 nitrogen and oxygen atoms in total. The Morgan fingerprint density at radius 2 is 1.80 bits per heavy atom. The molecule has 104 valence electrons. The highest BCUT2D eigenvalue weighted by Crippen LogP contribution is 2.29. The van der Waals surface area contributed by atoms with Gasteiger partial charge in [0, 0.05) is 28.5 Å². The number of likely N-dealkylation sites (tertiary alicyclic amines) is 1. The fourth-order valence-corrected chi connectivity index (χ4v) is 3.45. The lowest BCUT2D eigenvalue weighted by Gasteiger charge is -2.30. The molecule has 20 heavy (non-hydrogen) atoms. The molecule has 0 aliphatic carbocycles. The van der Waals surface area contributed by atoms with Crippen LogP contribution in [0.15, 0.2) is 40.9 Å². The van der Waals surface area contributed by atoms with Crippen molar-refractivity contribution in [3.63, 3.8) is 0 Å². The number of hydrogen-bond acceptors (Lipinski definition) is 1. The van der Waals surface area contributed by atoms with Gasteiger partial charge in [-0.15, -0.1) is 0 Å². The molecule has 1 saturated heterocycles. The van der Waals surface area contributed by atoms with E-state index in [4.69, 9.17) is 0 Å². The second kappa shape index (κ2) is 5.57. The second-order valence-electron chi connectivity index (χ2n) is 5.62. The van der Waals surface area contributed by atoms with Gasteiger partial charge in [-0.3, -0.25) is 4.79 Å². The van der Waals surface area contributed by atoms with Crippen molar-refractivity contribution in [3.8, 4) is 0 Å². The lowest BCUT2D eigenvalue weighted by atomic mass is 9.97. The standard InChI is InChI=1S/C17H18BrNO/c1-12-8-10-19(11-9-12)17(20)14-6-2-4-13-5-3-7-15(18)16(13)14/h2-7,12H,8-11H2,1H3. The summed E-state index contributed by atoms with van der Waals surface area (Å²) in [5.74, 6) is 0.896. The highest BCUT2D eigenvalue weighted by atomic mass is 79.9. The van der Waals surface area contributed by atoms with Gasteiger partial charge in [-0.2, -0.15) is 0 Å². The quantitative estimate of drug-likeness (QED) is 0.754. The Morgan fingerprint density at radius 1 is 1.15 bits per heavy atom. The van der Waals surface area contributed by atoms with E-state index < -0.39 is 0 Å². The maximum atomic E-state index is 12.8. The van der Waals surface area contributed by atoms with Crippen LogP contribution in [0.1, 0.15) is 30.1 Å². The Balaban J connectivity index is 2.00. The molecule has 1 aliphatic rings. The first-order valence-corrected chi connectivity index (χ1v) is 7.92. The molecule has 3 rings (SSSR count). The van der Waals surface area contributed by atoms with E-state index in [0.29, 0.717) is 0 Å². The number of carbonyl (C=O) groups is 1. The van der Waals surface area contributed by atoms with Crippen molar-refractivity contribution >= 4 is 32.6 Å². The van der Waals surface area contributed by atoms with Crippen LogP contribution in [-0.4, -0.2) is 23.9 Å². The van der Waals surface area contributed by atoms with E-state index in [0.717, 1.165) is 52.7 Å². The minimum atomic E-state index is 0.161. The molecule has 1 amide bonds. The molecule has 2 aromatic rings. The van der Waals surface area contributed by atoms with Crippen LogP contribution in [0.4, 0.5) is 0 Å². The van der Waals surface area contributed by atoms with Gasteiger partial charge < -0.3 is 4.90 Å². The number of benzene rings is 2.